The number of hydrogen-bond acceptors (Lipinski definition) is 6. The minimum atomic E-state index is -0.881. The van der Waals surface area contributed by atoms with Crippen molar-refractivity contribution in [3.63, 3.8) is 0 Å². The number of nitriles is 1. The van der Waals surface area contributed by atoms with Crippen molar-refractivity contribution in [3.05, 3.63) is 94.8 Å². The van der Waals surface area contributed by atoms with Crippen LogP contribution in [0.3, 0.4) is 0 Å². The number of benzene rings is 2. The summed E-state index contributed by atoms with van der Waals surface area (Å²) in [6.45, 7) is 1.76. The molecule has 4 rings (SSSR count). The zero-order chi connectivity index (χ0) is 23.7. The molecule has 0 unspecified atom stereocenters. The second-order valence-corrected chi connectivity index (χ2v) is 8.92. The Kier molecular flexibility index (Phi) is 6.43. The van der Waals surface area contributed by atoms with Gasteiger partial charge in [0.15, 0.2) is 0 Å². The van der Waals surface area contributed by atoms with Gasteiger partial charge in [-0.25, -0.2) is 4.79 Å². The number of hydrogen-bond donors (Lipinski definition) is 1. The van der Waals surface area contributed by atoms with Gasteiger partial charge in [-0.2, -0.15) is 5.26 Å². The third-order valence-electron chi connectivity index (χ3n) is 5.17. The summed E-state index contributed by atoms with van der Waals surface area (Å²) in [7, 11) is 0. The van der Waals surface area contributed by atoms with Crippen LogP contribution in [0.15, 0.2) is 58.9 Å². The molecule has 1 atom stereocenters. The fourth-order valence-electron chi connectivity index (χ4n) is 3.71. The molecule has 1 aromatic heterocycles. The maximum atomic E-state index is 13.3. The summed E-state index contributed by atoms with van der Waals surface area (Å²) in [6.07, 6.45) is 1.64. The van der Waals surface area contributed by atoms with Crippen molar-refractivity contribution >= 4 is 58.0 Å². The minimum absolute atomic E-state index is 0.00167. The van der Waals surface area contributed by atoms with Gasteiger partial charge >= 0.3 is 5.97 Å². The zero-order valence-corrected chi connectivity index (χ0v) is 19.7. The lowest BCUT2D eigenvalue weighted by atomic mass is 9.84. The lowest BCUT2D eigenvalue weighted by Gasteiger charge is -2.25. The quantitative estimate of drug-likeness (QED) is 0.558. The third kappa shape index (κ3) is 3.98. The second kappa shape index (κ2) is 9.28. The van der Waals surface area contributed by atoms with E-state index in [1.807, 2.05) is 0 Å². The number of nitrogens with two attached hydrogens (primary N) is 1. The maximum Gasteiger partial charge on any atom is 0.338 e. The van der Waals surface area contributed by atoms with Gasteiger partial charge in [-0.1, -0.05) is 59.6 Å². The molecule has 0 amide bonds. The molecule has 1 aliphatic heterocycles. The van der Waals surface area contributed by atoms with Crippen LogP contribution in [0, 0.1) is 11.3 Å². The summed E-state index contributed by atoms with van der Waals surface area (Å²) >= 11 is 13.8. The largest absolute Gasteiger partial charge is 0.463 e. The summed E-state index contributed by atoms with van der Waals surface area (Å²) in [5.41, 5.74) is 7.28. The van der Waals surface area contributed by atoms with Crippen LogP contribution < -0.4 is 20.5 Å². The molecule has 0 aliphatic carbocycles. The number of ether oxygens (including phenoxy) is 1. The van der Waals surface area contributed by atoms with Gasteiger partial charge in [-0.05, 0) is 36.3 Å². The van der Waals surface area contributed by atoms with E-state index < -0.39 is 17.4 Å². The molecule has 166 valence electrons. The number of aromatic nitrogens is 1. The Bertz CT molecular complexity index is 1530. The maximum absolute atomic E-state index is 13.3. The van der Waals surface area contributed by atoms with Gasteiger partial charge in [0.05, 0.1) is 34.3 Å². The lowest BCUT2D eigenvalue weighted by Crippen LogP contribution is -2.40. The fourth-order valence-corrected chi connectivity index (χ4v) is 5.27. The topological polar surface area (TPSA) is 98.1 Å². The number of nitrogens with zero attached hydrogens (tertiary/aromatic N) is 2. The summed E-state index contributed by atoms with van der Waals surface area (Å²) < 4.78 is 7.06. The first-order valence-corrected chi connectivity index (χ1v) is 11.5. The molecule has 9 heteroatoms. The van der Waals surface area contributed by atoms with Gasteiger partial charge in [-0.3, -0.25) is 9.36 Å². The first kappa shape index (κ1) is 22.9. The number of carbonyl (C=O) groups is 1. The fraction of sp³-hybridized carbons (Fsp3) is 0.125. The first-order valence-electron chi connectivity index (χ1n) is 9.93. The third-order valence-corrected chi connectivity index (χ3v) is 6.97. The summed E-state index contributed by atoms with van der Waals surface area (Å²) in [6, 6.07) is 16.1. The summed E-state index contributed by atoms with van der Waals surface area (Å²) in [4.78, 5) is 26.3. The average Bonchev–Trinajstić information content (AvgIpc) is 3.12. The second-order valence-electron chi connectivity index (χ2n) is 7.08. The Morgan fingerprint density at radius 1 is 1.21 bits per heavy atom. The number of halogens is 2. The molecule has 0 bridgehead atoms. The van der Waals surface area contributed by atoms with E-state index in [1.54, 1.807) is 61.5 Å². The van der Waals surface area contributed by atoms with E-state index in [0.29, 0.717) is 30.4 Å². The van der Waals surface area contributed by atoms with E-state index in [2.05, 4.69) is 6.07 Å². The smallest absolute Gasteiger partial charge is 0.338 e. The van der Waals surface area contributed by atoms with Gasteiger partial charge < -0.3 is 10.5 Å². The Morgan fingerprint density at radius 3 is 2.52 bits per heavy atom. The number of rotatable bonds is 4. The average molecular weight is 498 g/mol. The highest BCUT2D eigenvalue weighted by Gasteiger charge is 2.37. The predicted octanol–water partition coefficient (Wildman–Crippen LogP) is 3.21. The Balaban J connectivity index is 2.11. The van der Waals surface area contributed by atoms with E-state index in [0.717, 1.165) is 11.3 Å². The van der Waals surface area contributed by atoms with E-state index in [1.165, 1.54) is 4.57 Å². The number of fused-ring (bicyclic) bond motifs is 1. The van der Waals surface area contributed by atoms with Crippen molar-refractivity contribution in [2.24, 2.45) is 5.73 Å². The lowest BCUT2D eigenvalue weighted by molar-refractivity contribution is -0.138. The molecule has 0 fully saturated rings. The molecule has 2 N–H and O–H groups in total. The van der Waals surface area contributed by atoms with Crippen molar-refractivity contribution in [1.29, 1.82) is 5.26 Å². The highest BCUT2D eigenvalue weighted by molar-refractivity contribution is 7.07. The van der Waals surface area contributed by atoms with Gasteiger partial charge in [0.25, 0.3) is 5.56 Å². The molecule has 2 heterocycles. The van der Waals surface area contributed by atoms with E-state index >= 15 is 0 Å². The van der Waals surface area contributed by atoms with Gasteiger partial charge in [0, 0.05) is 10.0 Å². The summed E-state index contributed by atoms with van der Waals surface area (Å²) in [5, 5.41) is 11.0. The predicted molar refractivity (Wildman–Crippen MR) is 130 cm³/mol. The monoisotopic (exact) mass is 497 g/mol. The van der Waals surface area contributed by atoms with Gasteiger partial charge in [-0.15, -0.1) is 11.3 Å². The van der Waals surface area contributed by atoms with Crippen LogP contribution >= 0.6 is 34.5 Å². The SMILES string of the molecule is CCOC(=O)C1=C(N)n2c(s/c(=C/c3ccccc3Cl)c2=O)=C(C#N)[C@@H]1c1ccccc1Cl. The highest BCUT2D eigenvalue weighted by atomic mass is 35.5. The van der Waals surface area contributed by atoms with Crippen LogP contribution in [0.25, 0.3) is 17.5 Å². The Morgan fingerprint density at radius 2 is 1.88 bits per heavy atom. The molecule has 1 aliphatic rings. The number of thiazole rings is 1. The minimum Gasteiger partial charge on any atom is -0.463 e. The standard InChI is InChI=1S/C24H17Cl2N3O3S/c1-2-32-24(31)20-19(14-8-4-6-10-17(14)26)15(12-27)23-29(21(20)28)22(30)18(33-23)11-13-7-3-5-9-16(13)25/h3-11,19H,2,28H2,1H3/b18-11+/t19-/m0/s1. The molecule has 6 nitrogen and oxygen atoms in total. The van der Waals surface area contributed by atoms with Crippen LogP contribution in [0.1, 0.15) is 24.0 Å². The molecule has 2 aromatic carbocycles. The van der Waals surface area contributed by atoms with Crippen molar-refractivity contribution < 1.29 is 9.53 Å². The van der Waals surface area contributed by atoms with Crippen molar-refractivity contribution in [2.45, 2.75) is 12.8 Å². The number of esters is 1. The normalized spacial score (nSPS) is 15.9. The highest BCUT2D eigenvalue weighted by Crippen LogP contribution is 2.39. The Hall–Kier alpha value is -3.31. The first-order chi connectivity index (χ1) is 15.9. The van der Waals surface area contributed by atoms with Crippen LogP contribution in [-0.2, 0) is 9.53 Å². The zero-order valence-electron chi connectivity index (χ0n) is 17.3. The van der Waals surface area contributed by atoms with Crippen molar-refractivity contribution in [2.75, 3.05) is 6.61 Å². The van der Waals surface area contributed by atoms with Crippen LogP contribution in [-0.4, -0.2) is 17.1 Å². The van der Waals surface area contributed by atoms with Crippen molar-refractivity contribution in [1.82, 2.24) is 4.57 Å². The van der Waals surface area contributed by atoms with Gasteiger partial charge in [0.2, 0.25) is 0 Å². The molecular weight excluding hydrogens is 481 g/mol. The van der Waals surface area contributed by atoms with Gasteiger partial charge in [0.1, 0.15) is 10.5 Å². The molecule has 0 spiro atoms. The molecular formula is C24H17Cl2N3O3S. The molecule has 0 saturated heterocycles. The number of carbonyl (C=O) groups excluding carboxylic acids is 1. The van der Waals surface area contributed by atoms with Crippen LogP contribution in [0.4, 0.5) is 0 Å². The molecule has 0 radical (unpaired) electrons. The summed E-state index contributed by atoms with van der Waals surface area (Å²) in [5.74, 6) is -1.69. The van der Waals surface area contributed by atoms with E-state index in [4.69, 9.17) is 33.7 Å². The Labute approximate surface area is 203 Å². The molecule has 33 heavy (non-hydrogen) atoms. The molecule has 0 saturated carbocycles. The van der Waals surface area contributed by atoms with Crippen molar-refractivity contribution in [3.8, 4) is 6.07 Å². The molecule has 3 aromatic rings. The van der Waals surface area contributed by atoms with Crippen LogP contribution in [0.5, 0.6) is 0 Å². The van der Waals surface area contributed by atoms with E-state index in [-0.39, 0.29) is 23.6 Å². The van der Waals surface area contributed by atoms with E-state index in [9.17, 15) is 14.9 Å². The van der Waals surface area contributed by atoms with Crippen LogP contribution in [0.2, 0.25) is 10.0 Å².